The van der Waals surface area contributed by atoms with Crippen molar-refractivity contribution in [3.8, 4) is 22.8 Å². The van der Waals surface area contributed by atoms with Crippen LogP contribution >= 0.6 is 0 Å². The number of nitrogens with zero attached hydrogens (tertiary/aromatic N) is 5. The second kappa shape index (κ2) is 12.5. The zero-order valence-corrected chi connectivity index (χ0v) is 28.7. The smallest absolute Gasteiger partial charge is 0.354 e. The molecule has 12 nitrogen and oxygen atoms in total. The number of rotatable bonds is 8. The topological polar surface area (TPSA) is 167 Å². The van der Waals surface area contributed by atoms with Gasteiger partial charge in [0.1, 0.15) is 11.4 Å². The Morgan fingerprint density at radius 1 is 0.706 bits per heavy atom. The van der Waals surface area contributed by atoms with Gasteiger partial charge in [0.25, 0.3) is 5.91 Å². The Labute approximate surface area is 293 Å². The molecule has 0 radical (unpaired) electrons. The van der Waals surface area contributed by atoms with E-state index in [0.29, 0.717) is 33.8 Å². The molecular formula is C38H33N7O5S. The summed E-state index contributed by atoms with van der Waals surface area (Å²) in [5, 5.41) is 14.6. The van der Waals surface area contributed by atoms with Crippen molar-refractivity contribution in [1.29, 1.82) is 0 Å². The van der Waals surface area contributed by atoms with Crippen LogP contribution < -0.4 is 14.9 Å². The van der Waals surface area contributed by atoms with Crippen molar-refractivity contribution in [2.75, 3.05) is 32.1 Å². The predicted molar refractivity (Wildman–Crippen MR) is 194 cm³/mol. The van der Waals surface area contributed by atoms with E-state index in [1.54, 1.807) is 30.3 Å². The molecular weight excluding hydrogens is 667 g/mol. The molecule has 2 aliphatic carbocycles. The van der Waals surface area contributed by atoms with Gasteiger partial charge >= 0.3 is 5.97 Å². The number of nitrogens with one attached hydrogen (secondary N) is 2. The van der Waals surface area contributed by atoms with E-state index >= 15 is 0 Å². The van der Waals surface area contributed by atoms with Crippen molar-refractivity contribution in [2.45, 2.75) is 30.6 Å². The molecule has 0 unspecified atom stereocenters. The van der Waals surface area contributed by atoms with E-state index < -0.39 is 21.9 Å². The van der Waals surface area contributed by atoms with Gasteiger partial charge in [-0.1, -0.05) is 36.4 Å². The van der Waals surface area contributed by atoms with Crippen LogP contribution in [0.3, 0.4) is 0 Å². The van der Waals surface area contributed by atoms with E-state index in [-0.39, 0.29) is 29.4 Å². The van der Waals surface area contributed by atoms with Gasteiger partial charge in [0.05, 0.1) is 27.7 Å². The average molecular weight is 700 g/mol. The molecule has 1 amide bonds. The second-order valence-corrected chi connectivity index (χ2v) is 14.7. The highest BCUT2D eigenvalue weighted by Gasteiger charge is 2.26. The van der Waals surface area contributed by atoms with Gasteiger partial charge in [-0.3, -0.25) is 4.79 Å². The highest BCUT2D eigenvalue weighted by atomic mass is 32.2. The molecule has 0 spiro atoms. The Bertz CT molecular complexity index is 2550. The molecule has 0 atom stereocenters. The van der Waals surface area contributed by atoms with Gasteiger partial charge in [-0.2, -0.15) is 0 Å². The molecule has 0 saturated heterocycles. The normalized spacial score (nSPS) is 13.2. The van der Waals surface area contributed by atoms with Crippen molar-refractivity contribution in [1.82, 2.24) is 30.0 Å². The van der Waals surface area contributed by atoms with E-state index in [1.165, 1.54) is 6.07 Å². The lowest BCUT2D eigenvalue weighted by atomic mass is 9.89. The first-order chi connectivity index (χ1) is 24.6. The van der Waals surface area contributed by atoms with Gasteiger partial charge < -0.3 is 15.3 Å². The first-order valence-electron chi connectivity index (χ1n) is 16.6. The summed E-state index contributed by atoms with van der Waals surface area (Å²) in [6.07, 6.45) is 3.01. The number of aryl methyl sites for hydroxylation is 4. The maximum absolute atomic E-state index is 13.3. The summed E-state index contributed by atoms with van der Waals surface area (Å²) in [5.41, 5.74) is 7.91. The number of hydrogen-bond acceptors (Lipinski definition) is 9. The standard InChI is InChI=1S/C38H33N7O5S/c1-45(2)30-7-3-6-27-26(30)5-4-8-31(27)51(49,50)40-18-17-39-37(46)28-15-13-21-9-11-23-19-25-20-24-12-10-22-14-16-29(38(47)48)42-33(22)35(24)44-36(25)43-34(23)32(21)41-28/h3-8,13-16,19-20,40H,9-12,17-18H2,1-2H3,(H,39,46)(H,47,48). The van der Waals surface area contributed by atoms with Crippen LogP contribution in [-0.2, 0) is 35.7 Å². The Kier molecular flexibility index (Phi) is 7.96. The summed E-state index contributed by atoms with van der Waals surface area (Å²) in [6.45, 7) is 0.0409. The molecule has 256 valence electrons. The van der Waals surface area contributed by atoms with Crippen molar-refractivity contribution in [2.24, 2.45) is 0 Å². The Hall–Kier alpha value is -5.79. The molecule has 0 fully saturated rings. The largest absolute Gasteiger partial charge is 0.477 e. The fourth-order valence-electron chi connectivity index (χ4n) is 6.98. The van der Waals surface area contributed by atoms with Crippen LogP contribution in [0.25, 0.3) is 44.6 Å². The number of fused-ring (bicyclic) bond motifs is 8. The first kappa shape index (κ1) is 32.4. The fourth-order valence-corrected chi connectivity index (χ4v) is 8.23. The lowest BCUT2D eigenvalue weighted by Gasteiger charge is -2.21. The molecule has 0 bridgehead atoms. The van der Waals surface area contributed by atoms with Gasteiger partial charge in [-0.15, -0.1) is 0 Å². The number of benzene rings is 2. The van der Waals surface area contributed by atoms with Crippen LogP contribution in [0.2, 0.25) is 0 Å². The summed E-state index contributed by atoms with van der Waals surface area (Å²) in [5.74, 6) is -1.53. The van der Waals surface area contributed by atoms with E-state index in [4.69, 9.17) is 15.0 Å². The molecule has 51 heavy (non-hydrogen) atoms. The highest BCUT2D eigenvalue weighted by molar-refractivity contribution is 7.89. The minimum absolute atomic E-state index is 0.0128. The van der Waals surface area contributed by atoms with Gasteiger partial charge in [-0.25, -0.2) is 37.9 Å². The number of carboxylic acid groups (broad SMARTS) is 1. The Morgan fingerprint density at radius 3 is 1.92 bits per heavy atom. The molecule has 4 aromatic heterocycles. The van der Waals surface area contributed by atoms with Crippen LogP contribution in [0.5, 0.6) is 0 Å². The fraction of sp³-hybridized carbons (Fsp3) is 0.211. The zero-order valence-electron chi connectivity index (χ0n) is 27.9. The number of amides is 1. The number of aromatic nitrogens is 4. The lowest BCUT2D eigenvalue weighted by molar-refractivity contribution is 0.0690. The van der Waals surface area contributed by atoms with Crippen LogP contribution in [0, 0.1) is 0 Å². The molecule has 2 aliphatic rings. The van der Waals surface area contributed by atoms with Gasteiger partial charge in [0.15, 0.2) is 5.65 Å². The van der Waals surface area contributed by atoms with Crippen molar-refractivity contribution >= 4 is 49.4 Å². The quantitative estimate of drug-likeness (QED) is 0.192. The minimum atomic E-state index is -3.86. The van der Waals surface area contributed by atoms with E-state index in [1.807, 2.05) is 43.3 Å². The van der Waals surface area contributed by atoms with Crippen LogP contribution in [0.1, 0.15) is 43.2 Å². The van der Waals surface area contributed by atoms with Crippen molar-refractivity contribution in [3.05, 3.63) is 106 Å². The van der Waals surface area contributed by atoms with Gasteiger partial charge in [-0.05, 0) is 84.3 Å². The highest BCUT2D eigenvalue weighted by Crippen LogP contribution is 2.37. The second-order valence-electron chi connectivity index (χ2n) is 12.9. The first-order valence-corrected chi connectivity index (χ1v) is 18.1. The molecule has 4 heterocycles. The predicted octanol–water partition coefficient (Wildman–Crippen LogP) is 4.58. The number of pyridine rings is 4. The van der Waals surface area contributed by atoms with Crippen LogP contribution in [0.4, 0.5) is 5.69 Å². The van der Waals surface area contributed by atoms with E-state index in [0.717, 1.165) is 64.4 Å². The average Bonchev–Trinajstić information content (AvgIpc) is 3.13. The molecule has 0 saturated carbocycles. The maximum Gasteiger partial charge on any atom is 0.354 e. The van der Waals surface area contributed by atoms with E-state index in [2.05, 4.69) is 27.2 Å². The summed E-state index contributed by atoms with van der Waals surface area (Å²) >= 11 is 0. The Morgan fingerprint density at radius 2 is 1.27 bits per heavy atom. The van der Waals surface area contributed by atoms with Crippen LogP contribution in [0.15, 0.2) is 77.7 Å². The van der Waals surface area contributed by atoms with E-state index in [9.17, 15) is 23.1 Å². The molecule has 3 N–H and O–H groups in total. The number of carbonyl (C=O) groups is 2. The number of sulfonamides is 1. The monoisotopic (exact) mass is 699 g/mol. The third kappa shape index (κ3) is 5.83. The number of carboxylic acids is 1. The minimum Gasteiger partial charge on any atom is -0.477 e. The molecule has 0 aliphatic heterocycles. The summed E-state index contributed by atoms with van der Waals surface area (Å²) in [6, 6.07) is 21.7. The SMILES string of the molecule is CN(C)c1cccc2c(S(=O)(=O)NCCNC(=O)c3ccc4c(n3)-c3nc5nc6c(cc5cc3CC4)CCc3ccc(C(=O)O)nc3-6)cccc12. The summed E-state index contributed by atoms with van der Waals surface area (Å²) in [7, 11) is -0.0452. The van der Waals surface area contributed by atoms with Crippen LogP contribution in [-0.4, -0.2) is 72.5 Å². The number of carbonyl (C=O) groups excluding carboxylic acids is 1. The third-order valence-electron chi connectivity index (χ3n) is 9.48. The number of aromatic carboxylic acids is 1. The third-order valence-corrected chi connectivity index (χ3v) is 11.0. The molecule has 8 rings (SSSR count). The maximum atomic E-state index is 13.3. The van der Waals surface area contributed by atoms with Crippen molar-refractivity contribution < 1.29 is 23.1 Å². The molecule has 6 aromatic rings. The summed E-state index contributed by atoms with van der Waals surface area (Å²) < 4.78 is 29.2. The number of hydrogen-bond donors (Lipinski definition) is 3. The van der Waals surface area contributed by atoms with Gasteiger partial charge in [0.2, 0.25) is 10.0 Å². The molecule has 13 heteroatoms. The summed E-state index contributed by atoms with van der Waals surface area (Å²) in [4.78, 5) is 45.9. The Balaban J connectivity index is 1.02. The van der Waals surface area contributed by atoms with Crippen molar-refractivity contribution in [3.63, 3.8) is 0 Å². The lowest BCUT2D eigenvalue weighted by Crippen LogP contribution is -2.35. The van der Waals surface area contributed by atoms with Gasteiger partial charge in [0, 0.05) is 49.0 Å². The molecule has 2 aromatic carbocycles. The number of anilines is 1. The zero-order chi connectivity index (χ0) is 35.4.